The van der Waals surface area contributed by atoms with Crippen molar-refractivity contribution in [2.75, 3.05) is 13.2 Å². The molecule has 0 saturated carbocycles. The number of halogens is 1. The van der Waals surface area contributed by atoms with Gasteiger partial charge in [0.25, 0.3) is 0 Å². The second-order valence-corrected chi connectivity index (χ2v) is 5.31. The maximum atomic E-state index is 10.8. The van der Waals surface area contributed by atoms with E-state index < -0.39 is 0 Å². The van der Waals surface area contributed by atoms with E-state index in [0.717, 1.165) is 12.8 Å². The lowest BCUT2D eigenvalue weighted by molar-refractivity contribution is -0.142. The van der Waals surface area contributed by atoms with E-state index in [1.54, 1.807) is 0 Å². The topological polar surface area (TPSA) is 52.3 Å². The third kappa shape index (κ3) is 17.7. The summed E-state index contributed by atoms with van der Waals surface area (Å²) in [7, 11) is 0. The van der Waals surface area contributed by atoms with Crippen molar-refractivity contribution >= 4 is 18.4 Å². The van der Waals surface area contributed by atoms with Crippen molar-refractivity contribution < 1.29 is 9.53 Å². The Morgan fingerprint density at radius 3 is 1.60 bits per heavy atom. The van der Waals surface area contributed by atoms with Gasteiger partial charge in [-0.2, -0.15) is 0 Å². The first-order valence-corrected chi connectivity index (χ1v) is 8.17. The zero-order valence-corrected chi connectivity index (χ0v) is 14.0. The van der Waals surface area contributed by atoms with Crippen LogP contribution in [0.2, 0.25) is 0 Å². The summed E-state index contributed by atoms with van der Waals surface area (Å²) in [6.07, 6.45) is 15.8. The zero-order chi connectivity index (χ0) is 14.2. The predicted molar refractivity (Wildman–Crippen MR) is 88.3 cm³/mol. The number of rotatable bonds is 14. The molecular weight excluding hydrogens is 274 g/mol. The normalized spacial score (nSPS) is 10.1. The van der Waals surface area contributed by atoms with Crippen LogP contribution in [0.15, 0.2) is 0 Å². The molecule has 0 amide bonds. The molecule has 0 heterocycles. The maximum absolute atomic E-state index is 10.8. The summed E-state index contributed by atoms with van der Waals surface area (Å²) >= 11 is 0. The molecule has 0 bridgehead atoms. The van der Waals surface area contributed by atoms with Gasteiger partial charge in [0.1, 0.15) is 0 Å². The lowest BCUT2D eigenvalue weighted by Gasteiger charge is -2.04. The Morgan fingerprint density at radius 1 is 0.800 bits per heavy atom. The molecule has 0 aromatic rings. The van der Waals surface area contributed by atoms with E-state index in [0.29, 0.717) is 6.61 Å². The van der Waals surface area contributed by atoms with Gasteiger partial charge in [0.2, 0.25) is 0 Å². The smallest absolute Gasteiger partial charge is 0.319 e. The molecule has 0 aliphatic rings. The first-order chi connectivity index (χ1) is 9.31. The van der Waals surface area contributed by atoms with Crippen molar-refractivity contribution in [2.45, 2.75) is 84.0 Å². The minimum atomic E-state index is -0.289. The summed E-state index contributed by atoms with van der Waals surface area (Å²) in [5, 5.41) is 0. The van der Waals surface area contributed by atoms with Gasteiger partial charge in [0, 0.05) is 0 Å². The molecule has 0 unspecified atom stereocenters. The Hall–Kier alpha value is -0.280. The number of esters is 1. The predicted octanol–water partition coefficient (Wildman–Crippen LogP) is 4.61. The van der Waals surface area contributed by atoms with Crippen molar-refractivity contribution in [3.8, 4) is 0 Å². The molecule has 0 rings (SSSR count). The number of unbranched alkanes of at least 4 members (excludes halogenated alkanes) is 11. The molecule has 0 atom stereocenters. The summed E-state index contributed by atoms with van der Waals surface area (Å²) in [6.45, 7) is 2.79. The monoisotopic (exact) mass is 307 g/mol. The van der Waals surface area contributed by atoms with Gasteiger partial charge in [-0.25, -0.2) is 0 Å². The fourth-order valence-electron chi connectivity index (χ4n) is 2.19. The van der Waals surface area contributed by atoms with Crippen LogP contribution in [0, 0.1) is 0 Å². The van der Waals surface area contributed by atoms with Gasteiger partial charge in [0.15, 0.2) is 0 Å². The van der Waals surface area contributed by atoms with E-state index in [2.05, 4.69) is 6.92 Å². The maximum Gasteiger partial charge on any atom is 0.319 e. The molecule has 0 aliphatic carbocycles. The SMILES string of the molecule is CCCCCCCCCCCCCCOC(=O)CN.Cl. The minimum Gasteiger partial charge on any atom is -0.465 e. The summed E-state index contributed by atoms with van der Waals surface area (Å²) in [4.78, 5) is 10.8. The van der Waals surface area contributed by atoms with E-state index in [-0.39, 0.29) is 24.9 Å². The highest BCUT2D eigenvalue weighted by Crippen LogP contribution is 2.11. The Labute approximate surface area is 131 Å². The number of carbonyl (C=O) groups is 1. The first kappa shape index (κ1) is 22.0. The Balaban J connectivity index is 0. The summed E-state index contributed by atoms with van der Waals surface area (Å²) < 4.78 is 4.92. The molecule has 0 aromatic heterocycles. The van der Waals surface area contributed by atoms with Gasteiger partial charge in [-0.15, -0.1) is 12.4 Å². The standard InChI is InChI=1S/C16H33NO2.ClH/c1-2-3-4-5-6-7-8-9-10-11-12-13-14-19-16(18)15-17;/h2-15,17H2,1H3;1H. The van der Waals surface area contributed by atoms with E-state index in [9.17, 15) is 4.79 Å². The number of nitrogens with two attached hydrogens (primary N) is 1. The van der Waals surface area contributed by atoms with Crippen LogP contribution in [0.5, 0.6) is 0 Å². The number of ether oxygens (including phenoxy) is 1. The third-order valence-electron chi connectivity index (χ3n) is 3.43. The number of hydrogen-bond acceptors (Lipinski definition) is 3. The van der Waals surface area contributed by atoms with Crippen LogP contribution in [0.25, 0.3) is 0 Å². The molecule has 0 aromatic carbocycles. The quantitative estimate of drug-likeness (QED) is 0.376. The molecule has 122 valence electrons. The van der Waals surface area contributed by atoms with Crippen LogP contribution in [0.1, 0.15) is 84.0 Å². The van der Waals surface area contributed by atoms with Crippen LogP contribution in [0.4, 0.5) is 0 Å². The van der Waals surface area contributed by atoms with Crippen LogP contribution in [0.3, 0.4) is 0 Å². The summed E-state index contributed by atoms with van der Waals surface area (Å²) in [5.74, 6) is -0.289. The van der Waals surface area contributed by atoms with Crippen LogP contribution >= 0.6 is 12.4 Å². The van der Waals surface area contributed by atoms with Crippen molar-refractivity contribution in [1.29, 1.82) is 0 Å². The van der Waals surface area contributed by atoms with Gasteiger partial charge >= 0.3 is 5.97 Å². The van der Waals surface area contributed by atoms with Crippen molar-refractivity contribution in [3.05, 3.63) is 0 Å². The fraction of sp³-hybridized carbons (Fsp3) is 0.938. The number of hydrogen-bond donors (Lipinski definition) is 1. The highest BCUT2D eigenvalue weighted by Gasteiger charge is 1.97. The number of carbonyl (C=O) groups excluding carboxylic acids is 1. The molecular formula is C16H34ClNO2. The van der Waals surface area contributed by atoms with Crippen molar-refractivity contribution in [2.24, 2.45) is 5.73 Å². The molecule has 3 nitrogen and oxygen atoms in total. The highest BCUT2D eigenvalue weighted by molar-refractivity contribution is 5.85. The Morgan fingerprint density at radius 2 is 1.20 bits per heavy atom. The van der Waals surface area contributed by atoms with Gasteiger partial charge in [-0.05, 0) is 6.42 Å². The van der Waals surface area contributed by atoms with Crippen molar-refractivity contribution in [1.82, 2.24) is 0 Å². The van der Waals surface area contributed by atoms with Gasteiger partial charge in [-0.3, -0.25) is 4.79 Å². The van der Waals surface area contributed by atoms with Crippen LogP contribution in [-0.2, 0) is 9.53 Å². The first-order valence-electron chi connectivity index (χ1n) is 8.17. The van der Waals surface area contributed by atoms with E-state index in [1.807, 2.05) is 0 Å². The second-order valence-electron chi connectivity index (χ2n) is 5.31. The van der Waals surface area contributed by atoms with Crippen LogP contribution in [-0.4, -0.2) is 19.1 Å². The minimum absolute atomic E-state index is 0. The average Bonchev–Trinajstić information content (AvgIpc) is 2.43. The lowest BCUT2D eigenvalue weighted by atomic mass is 10.1. The Kier molecular flexibility index (Phi) is 20.6. The molecule has 0 fully saturated rings. The Bertz CT molecular complexity index is 201. The fourth-order valence-corrected chi connectivity index (χ4v) is 2.19. The molecule has 20 heavy (non-hydrogen) atoms. The van der Waals surface area contributed by atoms with E-state index >= 15 is 0 Å². The summed E-state index contributed by atoms with van der Waals surface area (Å²) in [5.41, 5.74) is 5.14. The van der Waals surface area contributed by atoms with Crippen molar-refractivity contribution in [3.63, 3.8) is 0 Å². The molecule has 0 radical (unpaired) electrons. The van der Waals surface area contributed by atoms with E-state index in [4.69, 9.17) is 10.5 Å². The zero-order valence-electron chi connectivity index (χ0n) is 13.2. The van der Waals surface area contributed by atoms with Gasteiger partial charge < -0.3 is 10.5 Å². The second kappa shape index (κ2) is 18.7. The van der Waals surface area contributed by atoms with E-state index in [1.165, 1.54) is 64.2 Å². The molecule has 0 aliphatic heterocycles. The lowest BCUT2D eigenvalue weighted by Crippen LogP contribution is -2.17. The largest absolute Gasteiger partial charge is 0.465 e. The van der Waals surface area contributed by atoms with Crippen LogP contribution < -0.4 is 5.73 Å². The van der Waals surface area contributed by atoms with Gasteiger partial charge in [0.05, 0.1) is 13.2 Å². The highest BCUT2D eigenvalue weighted by atomic mass is 35.5. The van der Waals surface area contributed by atoms with Gasteiger partial charge in [-0.1, -0.05) is 77.6 Å². The summed E-state index contributed by atoms with van der Waals surface area (Å²) in [6, 6.07) is 0. The average molecular weight is 308 g/mol. The molecule has 0 spiro atoms. The molecule has 2 N–H and O–H groups in total. The molecule has 4 heteroatoms. The molecule has 0 saturated heterocycles. The third-order valence-corrected chi connectivity index (χ3v) is 3.43.